The normalized spacial score (nSPS) is 11.5. The van der Waals surface area contributed by atoms with Gasteiger partial charge in [0, 0.05) is 0 Å². The van der Waals surface area contributed by atoms with Gasteiger partial charge in [-0.3, -0.25) is 0 Å². The molecule has 0 aliphatic heterocycles. The highest BCUT2D eigenvalue weighted by atomic mass is 32.2. The predicted octanol–water partition coefficient (Wildman–Crippen LogP) is 1.66. The van der Waals surface area contributed by atoms with Gasteiger partial charge in [-0.1, -0.05) is 0 Å². The number of esters is 1. The quantitative estimate of drug-likeness (QED) is 0.756. The third-order valence-corrected chi connectivity index (χ3v) is 4.39. The average molecular weight is 242 g/mol. The monoisotopic (exact) mass is 242 g/mol. The highest BCUT2D eigenvalue weighted by Crippen LogP contribution is 2.16. The van der Waals surface area contributed by atoms with E-state index in [0.717, 1.165) is 0 Å². The summed E-state index contributed by atoms with van der Waals surface area (Å²) in [5, 5.41) is -0.475. The number of hydrogen-bond acceptors (Lipinski definition) is 4. The summed E-state index contributed by atoms with van der Waals surface area (Å²) in [6.45, 7) is 3.23. The van der Waals surface area contributed by atoms with Crippen LogP contribution in [0.5, 0.6) is 0 Å². The molecule has 0 atom stereocenters. The summed E-state index contributed by atoms with van der Waals surface area (Å²) in [4.78, 5) is 11.4. The first-order valence-corrected chi connectivity index (χ1v) is 6.36. The summed E-state index contributed by atoms with van der Waals surface area (Å²) in [7, 11) is -2.00. The number of carbonyl (C=O) groups excluding carboxylic acids is 1. The molecule has 0 unspecified atom stereocenters. The summed E-state index contributed by atoms with van der Waals surface area (Å²) >= 11 is 0. The number of hydrogen-bond donors (Lipinski definition) is 0. The van der Waals surface area contributed by atoms with Gasteiger partial charge < -0.3 is 4.74 Å². The van der Waals surface area contributed by atoms with Gasteiger partial charge in [-0.15, -0.1) is 0 Å². The van der Waals surface area contributed by atoms with E-state index in [1.54, 1.807) is 13.8 Å². The van der Waals surface area contributed by atoms with Gasteiger partial charge in [0.1, 0.15) is 0 Å². The maximum atomic E-state index is 11.8. The first-order valence-electron chi connectivity index (χ1n) is 4.82. The Morgan fingerprint density at radius 3 is 2.06 bits per heavy atom. The molecule has 0 heterocycles. The summed E-state index contributed by atoms with van der Waals surface area (Å²) in [5.41, 5.74) is 0.338. The molecule has 1 aromatic rings. The van der Waals surface area contributed by atoms with Gasteiger partial charge in [-0.05, 0) is 38.1 Å². The number of rotatable bonds is 3. The molecule has 5 heteroatoms. The van der Waals surface area contributed by atoms with Crippen molar-refractivity contribution >= 4 is 15.8 Å². The minimum absolute atomic E-state index is 0.218. The van der Waals surface area contributed by atoms with E-state index in [0.29, 0.717) is 5.56 Å². The van der Waals surface area contributed by atoms with Crippen LogP contribution in [-0.4, -0.2) is 26.7 Å². The minimum atomic E-state index is -3.28. The van der Waals surface area contributed by atoms with E-state index in [1.165, 1.54) is 31.4 Å². The second-order valence-corrected chi connectivity index (χ2v) is 6.11. The highest BCUT2D eigenvalue weighted by molar-refractivity contribution is 7.92. The lowest BCUT2D eigenvalue weighted by atomic mass is 10.2. The Morgan fingerprint density at radius 2 is 1.69 bits per heavy atom. The van der Waals surface area contributed by atoms with Gasteiger partial charge in [0.25, 0.3) is 0 Å². The van der Waals surface area contributed by atoms with Crippen LogP contribution in [0, 0.1) is 0 Å². The highest BCUT2D eigenvalue weighted by Gasteiger charge is 2.19. The number of methoxy groups -OCH3 is 1. The Morgan fingerprint density at radius 1 is 1.19 bits per heavy atom. The van der Waals surface area contributed by atoms with E-state index < -0.39 is 21.1 Å². The zero-order valence-electron chi connectivity index (χ0n) is 9.43. The van der Waals surface area contributed by atoms with Crippen molar-refractivity contribution in [2.24, 2.45) is 0 Å². The lowest BCUT2D eigenvalue weighted by Gasteiger charge is -2.07. The largest absolute Gasteiger partial charge is 0.465 e. The zero-order chi connectivity index (χ0) is 12.3. The van der Waals surface area contributed by atoms with Crippen molar-refractivity contribution in [3.05, 3.63) is 29.8 Å². The van der Waals surface area contributed by atoms with Crippen LogP contribution in [0.2, 0.25) is 0 Å². The van der Waals surface area contributed by atoms with Crippen LogP contribution in [0.25, 0.3) is 0 Å². The summed E-state index contributed by atoms with van der Waals surface area (Å²) in [5.74, 6) is -0.478. The van der Waals surface area contributed by atoms with E-state index in [1.807, 2.05) is 0 Å². The van der Waals surface area contributed by atoms with Crippen molar-refractivity contribution < 1.29 is 17.9 Å². The topological polar surface area (TPSA) is 60.4 Å². The fraction of sp³-hybridized carbons (Fsp3) is 0.364. The Balaban J connectivity index is 3.10. The first-order chi connectivity index (χ1) is 7.39. The van der Waals surface area contributed by atoms with Gasteiger partial charge in [0.05, 0.1) is 22.8 Å². The molecule has 1 aromatic carbocycles. The number of sulfone groups is 1. The molecule has 0 aromatic heterocycles. The zero-order valence-corrected chi connectivity index (χ0v) is 10.2. The Bertz CT molecular complexity index is 471. The third-order valence-electron chi connectivity index (χ3n) is 2.22. The second kappa shape index (κ2) is 4.65. The molecule has 88 valence electrons. The summed E-state index contributed by atoms with van der Waals surface area (Å²) in [6.07, 6.45) is 0. The van der Waals surface area contributed by atoms with Gasteiger partial charge in [-0.25, -0.2) is 13.2 Å². The van der Waals surface area contributed by atoms with Crippen molar-refractivity contribution in [2.45, 2.75) is 24.0 Å². The lowest BCUT2D eigenvalue weighted by Crippen LogP contribution is -2.14. The van der Waals surface area contributed by atoms with Crippen LogP contribution in [0.4, 0.5) is 0 Å². The fourth-order valence-electron chi connectivity index (χ4n) is 1.17. The molecular formula is C11H14O4S. The Hall–Kier alpha value is -1.36. The van der Waals surface area contributed by atoms with Crippen molar-refractivity contribution in [3.8, 4) is 0 Å². The molecule has 0 fully saturated rings. The molecule has 0 bridgehead atoms. The minimum Gasteiger partial charge on any atom is -0.465 e. The average Bonchev–Trinajstić information content (AvgIpc) is 2.28. The molecule has 0 N–H and O–H groups in total. The predicted molar refractivity (Wildman–Crippen MR) is 60.1 cm³/mol. The fourth-order valence-corrected chi connectivity index (χ4v) is 2.23. The number of benzene rings is 1. The van der Waals surface area contributed by atoms with Gasteiger partial charge in [-0.2, -0.15) is 0 Å². The van der Waals surface area contributed by atoms with E-state index >= 15 is 0 Å². The maximum Gasteiger partial charge on any atom is 0.337 e. The van der Waals surface area contributed by atoms with Crippen molar-refractivity contribution in [2.75, 3.05) is 7.11 Å². The van der Waals surface area contributed by atoms with E-state index in [-0.39, 0.29) is 4.90 Å². The molecule has 0 radical (unpaired) electrons. The molecule has 0 aliphatic rings. The molecule has 0 saturated heterocycles. The standard InChI is InChI=1S/C11H14O4S/c1-8(2)16(13,14)10-6-4-9(5-7-10)11(12)15-3/h4-8H,1-3H3. The number of carbonyl (C=O) groups is 1. The van der Waals surface area contributed by atoms with Gasteiger partial charge in [0.15, 0.2) is 9.84 Å². The van der Waals surface area contributed by atoms with Crippen LogP contribution in [0.15, 0.2) is 29.2 Å². The smallest absolute Gasteiger partial charge is 0.337 e. The first kappa shape index (κ1) is 12.7. The van der Waals surface area contributed by atoms with E-state index in [4.69, 9.17) is 0 Å². The summed E-state index contributed by atoms with van der Waals surface area (Å²) in [6, 6.07) is 5.73. The van der Waals surface area contributed by atoms with Crippen molar-refractivity contribution in [1.82, 2.24) is 0 Å². The van der Waals surface area contributed by atoms with E-state index in [2.05, 4.69) is 4.74 Å². The molecule has 0 saturated carbocycles. The molecule has 0 aliphatic carbocycles. The maximum absolute atomic E-state index is 11.8. The number of ether oxygens (including phenoxy) is 1. The molecule has 1 rings (SSSR count). The molecule has 0 amide bonds. The van der Waals surface area contributed by atoms with Crippen LogP contribution < -0.4 is 0 Å². The second-order valence-electron chi connectivity index (χ2n) is 3.61. The third kappa shape index (κ3) is 2.41. The van der Waals surface area contributed by atoms with Crippen LogP contribution in [-0.2, 0) is 14.6 Å². The SMILES string of the molecule is COC(=O)c1ccc(S(=O)(=O)C(C)C)cc1. The van der Waals surface area contributed by atoms with E-state index in [9.17, 15) is 13.2 Å². The lowest BCUT2D eigenvalue weighted by molar-refractivity contribution is 0.0600. The van der Waals surface area contributed by atoms with Crippen LogP contribution in [0.3, 0.4) is 0 Å². The van der Waals surface area contributed by atoms with Crippen LogP contribution >= 0.6 is 0 Å². The molecule has 0 spiro atoms. The van der Waals surface area contributed by atoms with Crippen molar-refractivity contribution in [3.63, 3.8) is 0 Å². The molecule has 4 nitrogen and oxygen atoms in total. The molecule has 16 heavy (non-hydrogen) atoms. The van der Waals surface area contributed by atoms with Crippen molar-refractivity contribution in [1.29, 1.82) is 0 Å². The summed E-state index contributed by atoms with van der Waals surface area (Å²) < 4.78 is 28.1. The Kier molecular flexibility index (Phi) is 3.70. The van der Waals surface area contributed by atoms with Gasteiger partial charge >= 0.3 is 5.97 Å². The van der Waals surface area contributed by atoms with Gasteiger partial charge in [0.2, 0.25) is 0 Å². The van der Waals surface area contributed by atoms with Crippen LogP contribution in [0.1, 0.15) is 24.2 Å². The molecular weight excluding hydrogens is 228 g/mol. The Labute approximate surface area is 95.2 Å².